The summed E-state index contributed by atoms with van der Waals surface area (Å²) in [5, 5.41) is 2.43. The SMILES string of the molecule is Cc1cc(NC(=O)c2cc(-c3ccnc4c3C(C)(C)C(=O)N4c3ccccn3)ccc2C(F)(F)F)ccc1F. The van der Waals surface area contributed by atoms with E-state index >= 15 is 0 Å². The molecule has 1 N–H and O–H groups in total. The molecule has 198 valence electrons. The van der Waals surface area contributed by atoms with Crippen molar-refractivity contribution in [3.05, 3.63) is 101 Å². The predicted octanol–water partition coefficient (Wildman–Crippen LogP) is 6.82. The van der Waals surface area contributed by atoms with Crippen LogP contribution in [0.4, 0.5) is 34.9 Å². The predicted molar refractivity (Wildman–Crippen MR) is 138 cm³/mol. The fourth-order valence-corrected chi connectivity index (χ4v) is 4.73. The second-order valence-electron chi connectivity index (χ2n) is 9.69. The standard InChI is InChI=1S/C29H22F4N4O2/c1-16-14-18(8-10-22(16)30)36-26(38)20-15-17(7-9-21(20)29(31,32)33)19-11-13-35-25-24(19)28(2,3)27(39)37(25)23-6-4-5-12-34-23/h4-15H,1-3H3,(H,36,38). The highest BCUT2D eigenvalue weighted by Gasteiger charge is 2.48. The number of aromatic nitrogens is 2. The zero-order valence-electron chi connectivity index (χ0n) is 21.1. The first-order chi connectivity index (χ1) is 18.4. The Bertz CT molecular complexity index is 1620. The minimum absolute atomic E-state index is 0.153. The van der Waals surface area contributed by atoms with Crippen molar-refractivity contribution in [1.82, 2.24) is 9.97 Å². The number of amides is 2. The number of pyridine rings is 2. The topological polar surface area (TPSA) is 75.2 Å². The van der Waals surface area contributed by atoms with Crippen molar-refractivity contribution in [3.63, 3.8) is 0 Å². The van der Waals surface area contributed by atoms with Crippen LogP contribution in [-0.2, 0) is 16.4 Å². The number of alkyl halides is 3. The third kappa shape index (κ3) is 4.52. The van der Waals surface area contributed by atoms with Gasteiger partial charge in [0.15, 0.2) is 0 Å². The average Bonchev–Trinajstić information content (AvgIpc) is 3.11. The van der Waals surface area contributed by atoms with Crippen LogP contribution in [0.2, 0.25) is 0 Å². The number of carbonyl (C=O) groups is 2. The second-order valence-corrected chi connectivity index (χ2v) is 9.69. The Morgan fingerprint density at radius 3 is 2.41 bits per heavy atom. The lowest BCUT2D eigenvalue weighted by Crippen LogP contribution is -2.33. The molecule has 0 saturated carbocycles. The van der Waals surface area contributed by atoms with Crippen molar-refractivity contribution in [2.75, 3.05) is 10.2 Å². The number of nitrogens with one attached hydrogen (secondary N) is 1. The van der Waals surface area contributed by atoms with Gasteiger partial charge in [0.05, 0.1) is 16.5 Å². The van der Waals surface area contributed by atoms with Crippen LogP contribution in [0.5, 0.6) is 0 Å². The Labute approximate surface area is 221 Å². The second kappa shape index (κ2) is 9.30. The Hall–Kier alpha value is -4.60. The third-order valence-electron chi connectivity index (χ3n) is 6.68. The number of benzene rings is 2. The van der Waals surface area contributed by atoms with Gasteiger partial charge in [-0.15, -0.1) is 0 Å². The van der Waals surface area contributed by atoms with Gasteiger partial charge in [-0.2, -0.15) is 13.2 Å². The maximum Gasteiger partial charge on any atom is 0.417 e. The molecule has 0 bridgehead atoms. The summed E-state index contributed by atoms with van der Waals surface area (Å²) in [5.74, 6) is -1.14. The van der Waals surface area contributed by atoms with Gasteiger partial charge in [-0.05, 0) is 86.0 Å². The zero-order chi connectivity index (χ0) is 28.1. The molecular weight excluding hydrogens is 512 g/mol. The van der Waals surface area contributed by atoms with Crippen LogP contribution in [0.25, 0.3) is 11.1 Å². The molecule has 5 rings (SSSR count). The molecule has 2 aromatic heterocycles. The number of rotatable bonds is 4. The van der Waals surface area contributed by atoms with E-state index in [-0.39, 0.29) is 17.2 Å². The molecule has 1 aliphatic heterocycles. The Morgan fingerprint density at radius 2 is 1.74 bits per heavy atom. The lowest BCUT2D eigenvalue weighted by molar-refractivity contribution is -0.137. The van der Waals surface area contributed by atoms with Crippen molar-refractivity contribution in [3.8, 4) is 11.1 Å². The molecule has 3 heterocycles. The molecule has 2 aromatic carbocycles. The van der Waals surface area contributed by atoms with Crippen LogP contribution >= 0.6 is 0 Å². The maximum atomic E-state index is 13.9. The molecule has 0 atom stereocenters. The summed E-state index contributed by atoms with van der Waals surface area (Å²) in [4.78, 5) is 36.7. The van der Waals surface area contributed by atoms with Crippen LogP contribution in [0.3, 0.4) is 0 Å². The molecule has 2 amide bonds. The monoisotopic (exact) mass is 534 g/mol. The average molecular weight is 535 g/mol. The van der Waals surface area contributed by atoms with E-state index in [0.29, 0.717) is 28.3 Å². The lowest BCUT2D eigenvalue weighted by Gasteiger charge is -2.20. The maximum absolute atomic E-state index is 13.9. The van der Waals surface area contributed by atoms with E-state index in [2.05, 4.69) is 15.3 Å². The molecule has 0 aliphatic carbocycles. The molecule has 39 heavy (non-hydrogen) atoms. The number of hydrogen-bond donors (Lipinski definition) is 1. The van der Waals surface area contributed by atoms with E-state index in [1.54, 1.807) is 44.3 Å². The number of aryl methyl sites for hydroxylation is 1. The van der Waals surface area contributed by atoms with Gasteiger partial charge in [-0.1, -0.05) is 12.1 Å². The van der Waals surface area contributed by atoms with Crippen molar-refractivity contribution >= 4 is 29.1 Å². The zero-order valence-corrected chi connectivity index (χ0v) is 21.1. The van der Waals surface area contributed by atoms with Crippen LogP contribution in [0.1, 0.15) is 40.9 Å². The largest absolute Gasteiger partial charge is 0.417 e. The summed E-state index contributed by atoms with van der Waals surface area (Å²) in [6.45, 7) is 4.89. The van der Waals surface area contributed by atoms with Gasteiger partial charge in [0.2, 0.25) is 5.91 Å². The molecular formula is C29H22F4N4O2. The Kier molecular flexibility index (Phi) is 6.21. The molecule has 10 heteroatoms. The lowest BCUT2D eigenvalue weighted by atomic mass is 9.82. The van der Waals surface area contributed by atoms with Gasteiger partial charge in [-0.25, -0.2) is 19.3 Å². The first-order valence-corrected chi connectivity index (χ1v) is 11.9. The molecule has 1 aliphatic rings. The van der Waals surface area contributed by atoms with Crippen LogP contribution < -0.4 is 10.2 Å². The van der Waals surface area contributed by atoms with Gasteiger partial charge < -0.3 is 5.32 Å². The molecule has 0 radical (unpaired) electrons. The number of nitrogens with zero attached hydrogens (tertiary/aromatic N) is 3. The summed E-state index contributed by atoms with van der Waals surface area (Å²) in [5.41, 5.74) is -1.19. The molecule has 4 aromatic rings. The summed E-state index contributed by atoms with van der Waals surface area (Å²) in [6, 6.07) is 13.7. The first-order valence-electron chi connectivity index (χ1n) is 11.9. The Morgan fingerprint density at radius 1 is 0.974 bits per heavy atom. The molecule has 0 unspecified atom stereocenters. The Balaban J connectivity index is 1.64. The summed E-state index contributed by atoms with van der Waals surface area (Å²) in [7, 11) is 0. The van der Waals surface area contributed by atoms with Crippen molar-refractivity contribution < 1.29 is 27.2 Å². The molecule has 6 nitrogen and oxygen atoms in total. The number of carbonyl (C=O) groups excluding carboxylic acids is 2. The number of fused-ring (bicyclic) bond motifs is 1. The van der Waals surface area contributed by atoms with Crippen LogP contribution in [0, 0.1) is 12.7 Å². The van der Waals surface area contributed by atoms with E-state index in [9.17, 15) is 27.2 Å². The third-order valence-corrected chi connectivity index (χ3v) is 6.68. The number of anilines is 3. The van der Waals surface area contributed by atoms with Gasteiger partial charge >= 0.3 is 6.18 Å². The quantitative estimate of drug-likeness (QED) is 0.292. The van der Waals surface area contributed by atoms with E-state index in [0.717, 1.165) is 18.2 Å². The van der Waals surface area contributed by atoms with Crippen molar-refractivity contribution in [1.29, 1.82) is 0 Å². The first kappa shape index (κ1) is 26.0. The van der Waals surface area contributed by atoms with E-state index in [1.807, 2.05) is 0 Å². The van der Waals surface area contributed by atoms with E-state index in [4.69, 9.17) is 0 Å². The smallest absolute Gasteiger partial charge is 0.322 e. The highest BCUT2D eigenvalue weighted by Crippen LogP contribution is 2.48. The van der Waals surface area contributed by atoms with E-state index < -0.39 is 34.4 Å². The fraction of sp³-hybridized carbons (Fsp3) is 0.172. The van der Waals surface area contributed by atoms with Crippen molar-refractivity contribution in [2.45, 2.75) is 32.4 Å². The molecule has 0 fully saturated rings. The summed E-state index contributed by atoms with van der Waals surface area (Å²) < 4.78 is 55.5. The van der Waals surface area contributed by atoms with Crippen LogP contribution in [-0.4, -0.2) is 21.8 Å². The van der Waals surface area contributed by atoms with Gasteiger partial charge in [-0.3, -0.25) is 9.59 Å². The normalized spacial score (nSPS) is 14.3. The van der Waals surface area contributed by atoms with Gasteiger partial charge in [0.1, 0.15) is 17.5 Å². The highest BCUT2D eigenvalue weighted by molar-refractivity contribution is 6.13. The minimum atomic E-state index is -4.81. The van der Waals surface area contributed by atoms with Gasteiger partial charge in [0, 0.05) is 23.6 Å². The number of hydrogen-bond acceptors (Lipinski definition) is 4. The molecule has 0 saturated heterocycles. The minimum Gasteiger partial charge on any atom is -0.322 e. The van der Waals surface area contributed by atoms with Gasteiger partial charge in [0.25, 0.3) is 5.91 Å². The highest BCUT2D eigenvalue weighted by atomic mass is 19.4. The summed E-state index contributed by atoms with van der Waals surface area (Å²) >= 11 is 0. The summed E-state index contributed by atoms with van der Waals surface area (Å²) in [6.07, 6.45) is -1.81. The molecule has 0 spiro atoms. The van der Waals surface area contributed by atoms with Crippen molar-refractivity contribution in [2.24, 2.45) is 0 Å². The number of halogens is 4. The van der Waals surface area contributed by atoms with Crippen LogP contribution in [0.15, 0.2) is 73.1 Å². The van der Waals surface area contributed by atoms with E-state index in [1.165, 1.54) is 36.2 Å². The fourth-order valence-electron chi connectivity index (χ4n) is 4.73.